The van der Waals surface area contributed by atoms with Gasteiger partial charge >= 0.3 is 0 Å². The maximum Gasteiger partial charge on any atom is 0.0499 e. The topological polar surface area (TPSA) is 45.0 Å². The van der Waals surface area contributed by atoms with Crippen LogP contribution in [0.4, 0.5) is 0 Å². The Hall–Kier alpha value is -1.32. The van der Waals surface area contributed by atoms with E-state index in [0.717, 1.165) is 19.6 Å². The molecule has 16 heavy (non-hydrogen) atoms. The van der Waals surface area contributed by atoms with Gasteiger partial charge < -0.3 is 10.7 Å². The summed E-state index contributed by atoms with van der Waals surface area (Å²) in [6.45, 7) is 5.84. The van der Waals surface area contributed by atoms with Crippen molar-refractivity contribution < 1.29 is 0 Å². The van der Waals surface area contributed by atoms with Crippen LogP contribution in [0.15, 0.2) is 30.5 Å². The maximum absolute atomic E-state index is 5.60. The van der Waals surface area contributed by atoms with Crippen molar-refractivity contribution in [2.24, 2.45) is 5.73 Å². The van der Waals surface area contributed by atoms with Crippen LogP contribution in [0.25, 0.3) is 10.9 Å². The van der Waals surface area contributed by atoms with Crippen LogP contribution in [-0.4, -0.2) is 29.5 Å². The van der Waals surface area contributed by atoms with E-state index in [-0.39, 0.29) is 0 Å². The van der Waals surface area contributed by atoms with Gasteiger partial charge in [0, 0.05) is 31.3 Å². The number of hydrogen-bond acceptors (Lipinski definition) is 2. The fraction of sp³-hybridized carbons (Fsp3) is 0.385. The fourth-order valence-electron chi connectivity index (χ4n) is 2.05. The summed E-state index contributed by atoms with van der Waals surface area (Å²) >= 11 is 0. The minimum atomic E-state index is 0.717. The van der Waals surface area contributed by atoms with E-state index in [9.17, 15) is 0 Å². The zero-order valence-electron chi connectivity index (χ0n) is 9.74. The highest BCUT2D eigenvalue weighted by Gasteiger charge is 2.06. The van der Waals surface area contributed by atoms with E-state index in [1.165, 1.54) is 16.5 Å². The van der Waals surface area contributed by atoms with E-state index in [1.54, 1.807) is 0 Å². The smallest absolute Gasteiger partial charge is 0.0499 e. The Labute approximate surface area is 96.2 Å². The van der Waals surface area contributed by atoms with Crippen molar-refractivity contribution in [2.75, 3.05) is 19.6 Å². The Morgan fingerprint density at radius 2 is 2.19 bits per heavy atom. The van der Waals surface area contributed by atoms with Crippen LogP contribution in [0, 0.1) is 0 Å². The number of nitrogens with zero attached hydrogens (tertiary/aromatic N) is 1. The lowest BCUT2D eigenvalue weighted by atomic mass is 10.1. The number of likely N-dealkylation sites (N-methyl/N-ethyl adjacent to an activating group) is 1. The Balaban J connectivity index is 2.22. The molecular weight excluding hydrogens is 198 g/mol. The second-order valence-electron chi connectivity index (χ2n) is 4.02. The molecule has 3 N–H and O–H groups in total. The van der Waals surface area contributed by atoms with E-state index in [2.05, 4.69) is 41.1 Å². The molecule has 0 bridgehead atoms. The highest BCUT2D eigenvalue weighted by atomic mass is 15.1. The number of H-pyrrole nitrogens is 1. The van der Waals surface area contributed by atoms with Crippen LogP contribution in [-0.2, 0) is 6.54 Å². The molecule has 0 aliphatic heterocycles. The molecule has 1 heterocycles. The second kappa shape index (κ2) is 5.14. The Morgan fingerprint density at radius 1 is 1.31 bits per heavy atom. The minimum Gasteiger partial charge on any atom is -0.361 e. The van der Waals surface area contributed by atoms with Crippen LogP contribution < -0.4 is 5.73 Å². The molecule has 2 rings (SSSR count). The number of rotatable bonds is 5. The van der Waals surface area contributed by atoms with Gasteiger partial charge in [-0.15, -0.1) is 0 Å². The summed E-state index contributed by atoms with van der Waals surface area (Å²) in [6.07, 6.45) is 1.99. The third-order valence-electron chi connectivity index (χ3n) is 2.96. The van der Waals surface area contributed by atoms with Gasteiger partial charge in [-0.2, -0.15) is 0 Å². The summed E-state index contributed by atoms with van der Waals surface area (Å²) in [4.78, 5) is 5.66. The third-order valence-corrected chi connectivity index (χ3v) is 2.96. The zero-order valence-corrected chi connectivity index (χ0v) is 9.74. The van der Waals surface area contributed by atoms with Gasteiger partial charge in [-0.1, -0.05) is 25.1 Å². The lowest BCUT2D eigenvalue weighted by Crippen LogP contribution is -2.28. The molecule has 0 radical (unpaired) electrons. The van der Waals surface area contributed by atoms with Gasteiger partial charge in [0.15, 0.2) is 0 Å². The number of para-hydroxylation sites is 1. The van der Waals surface area contributed by atoms with Gasteiger partial charge in [0.25, 0.3) is 0 Å². The summed E-state index contributed by atoms with van der Waals surface area (Å²) in [7, 11) is 0. The highest BCUT2D eigenvalue weighted by Crippen LogP contribution is 2.18. The molecule has 0 unspecified atom stereocenters. The summed E-state index contributed by atoms with van der Waals surface area (Å²) in [5.41, 5.74) is 8.20. The van der Waals surface area contributed by atoms with Gasteiger partial charge in [0.2, 0.25) is 0 Å². The van der Waals surface area contributed by atoms with E-state index in [4.69, 9.17) is 5.73 Å². The molecule has 0 fully saturated rings. The Morgan fingerprint density at radius 3 is 2.94 bits per heavy atom. The van der Waals surface area contributed by atoms with Crippen molar-refractivity contribution in [3.05, 3.63) is 36.0 Å². The molecule has 0 spiro atoms. The molecule has 3 heteroatoms. The molecule has 2 aromatic rings. The van der Waals surface area contributed by atoms with Crippen molar-refractivity contribution in [1.29, 1.82) is 0 Å². The molecule has 0 aliphatic rings. The van der Waals surface area contributed by atoms with Gasteiger partial charge in [-0.25, -0.2) is 0 Å². The monoisotopic (exact) mass is 217 g/mol. The van der Waals surface area contributed by atoms with Gasteiger partial charge in [0.1, 0.15) is 0 Å². The first-order valence-electron chi connectivity index (χ1n) is 5.82. The number of benzene rings is 1. The summed E-state index contributed by atoms with van der Waals surface area (Å²) in [5, 5.41) is 1.28. The number of nitrogens with two attached hydrogens (primary N) is 1. The fourth-order valence-corrected chi connectivity index (χ4v) is 2.05. The van der Waals surface area contributed by atoms with Crippen molar-refractivity contribution >= 4 is 10.9 Å². The van der Waals surface area contributed by atoms with E-state index in [0.29, 0.717) is 6.54 Å². The third kappa shape index (κ3) is 2.26. The SMILES string of the molecule is CCN(CCN)Cc1cccc2cc[nH]c12. The van der Waals surface area contributed by atoms with Crippen molar-refractivity contribution in [2.45, 2.75) is 13.5 Å². The first kappa shape index (κ1) is 11.2. The average Bonchev–Trinajstić information content (AvgIpc) is 2.77. The zero-order chi connectivity index (χ0) is 11.4. The molecule has 0 atom stereocenters. The molecule has 0 saturated heterocycles. The largest absolute Gasteiger partial charge is 0.361 e. The standard InChI is InChI=1S/C13H19N3/c1-2-16(9-7-14)10-12-5-3-4-11-6-8-15-13(11)12/h3-6,8,15H,2,7,9-10,14H2,1H3. The molecule has 1 aromatic heterocycles. The van der Waals surface area contributed by atoms with Gasteiger partial charge in [0.05, 0.1) is 0 Å². The number of nitrogens with one attached hydrogen (secondary N) is 1. The Bertz CT molecular complexity index is 447. The maximum atomic E-state index is 5.60. The molecule has 3 nitrogen and oxygen atoms in total. The summed E-state index contributed by atoms with van der Waals surface area (Å²) in [6, 6.07) is 8.53. The van der Waals surface area contributed by atoms with Crippen molar-refractivity contribution in [3.63, 3.8) is 0 Å². The Kier molecular flexibility index (Phi) is 3.59. The first-order valence-corrected chi connectivity index (χ1v) is 5.82. The summed E-state index contributed by atoms with van der Waals surface area (Å²) < 4.78 is 0. The molecule has 86 valence electrons. The average molecular weight is 217 g/mol. The molecular formula is C13H19N3. The van der Waals surface area contributed by atoms with Crippen molar-refractivity contribution in [3.8, 4) is 0 Å². The van der Waals surface area contributed by atoms with Crippen LogP contribution in [0.3, 0.4) is 0 Å². The van der Waals surface area contributed by atoms with Crippen LogP contribution >= 0.6 is 0 Å². The lowest BCUT2D eigenvalue weighted by molar-refractivity contribution is 0.289. The van der Waals surface area contributed by atoms with E-state index >= 15 is 0 Å². The predicted molar refractivity (Wildman–Crippen MR) is 68.3 cm³/mol. The first-order chi connectivity index (χ1) is 7.85. The van der Waals surface area contributed by atoms with Crippen molar-refractivity contribution in [1.82, 2.24) is 9.88 Å². The number of aromatic nitrogens is 1. The van der Waals surface area contributed by atoms with E-state index < -0.39 is 0 Å². The van der Waals surface area contributed by atoms with Crippen LogP contribution in [0.5, 0.6) is 0 Å². The summed E-state index contributed by atoms with van der Waals surface area (Å²) in [5.74, 6) is 0. The van der Waals surface area contributed by atoms with Gasteiger partial charge in [-0.3, -0.25) is 4.90 Å². The van der Waals surface area contributed by atoms with Gasteiger partial charge in [-0.05, 0) is 23.6 Å². The number of aromatic amines is 1. The second-order valence-corrected chi connectivity index (χ2v) is 4.02. The minimum absolute atomic E-state index is 0.717. The number of fused-ring (bicyclic) bond motifs is 1. The molecule has 0 saturated carbocycles. The normalized spacial score (nSPS) is 11.4. The van der Waals surface area contributed by atoms with Crippen LogP contribution in [0.1, 0.15) is 12.5 Å². The number of hydrogen-bond donors (Lipinski definition) is 2. The molecule has 0 amide bonds. The molecule has 0 aliphatic carbocycles. The van der Waals surface area contributed by atoms with E-state index in [1.807, 2.05) is 6.20 Å². The van der Waals surface area contributed by atoms with Crippen LogP contribution in [0.2, 0.25) is 0 Å². The highest BCUT2D eigenvalue weighted by molar-refractivity contribution is 5.82. The lowest BCUT2D eigenvalue weighted by Gasteiger charge is -2.19. The predicted octanol–water partition coefficient (Wildman–Crippen LogP) is 1.95. The molecule has 1 aromatic carbocycles. The quantitative estimate of drug-likeness (QED) is 0.804.